The molecule has 1 heterocycles. The average molecular weight is 190 g/mol. The van der Waals surface area contributed by atoms with Gasteiger partial charge in [0.2, 0.25) is 0 Å². The number of aromatic nitrogens is 1. The minimum atomic E-state index is 0.239. The van der Waals surface area contributed by atoms with Crippen LogP contribution < -0.4 is 5.32 Å². The lowest BCUT2D eigenvalue weighted by molar-refractivity contribution is 0.589. The lowest BCUT2D eigenvalue weighted by Gasteiger charge is -2.18. The summed E-state index contributed by atoms with van der Waals surface area (Å²) < 4.78 is 0. The van der Waals surface area contributed by atoms with Crippen LogP contribution in [-0.2, 0) is 0 Å². The van der Waals surface area contributed by atoms with Crippen LogP contribution in [0.15, 0.2) is 36.7 Å². The molecule has 2 nitrogen and oxygen atoms in total. The van der Waals surface area contributed by atoms with Crippen molar-refractivity contribution in [2.45, 2.75) is 26.3 Å². The van der Waals surface area contributed by atoms with Gasteiger partial charge < -0.3 is 5.32 Å². The third kappa shape index (κ3) is 2.96. The maximum absolute atomic E-state index is 4.11. The largest absolute Gasteiger partial charge is 0.307 e. The zero-order chi connectivity index (χ0) is 10.4. The van der Waals surface area contributed by atoms with E-state index in [1.807, 2.05) is 19.2 Å². The van der Waals surface area contributed by atoms with Gasteiger partial charge in [-0.3, -0.25) is 4.98 Å². The van der Waals surface area contributed by atoms with Crippen LogP contribution in [-0.4, -0.2) is 11.5 Å². The quantitative estimate of drug-likeness (QED) is 0.722. The van der Waals surface area contributed by atoms with Crippen LogP contribution >= 0.6 is 0 Å². The molecule has 0 fully saturated rings. The van der Waals surface area contributed by atoms with E-state index in [1.165, 1.54) is 5.56 Å². The molecule has 0 spiro atoms. The van der Waals surface area contributed by atoms with E-state index in [0.717, 1.165) is 18.5 Å². The Morgan fingerprint density at radius 1 is 1.64 bits per heavy atom. The highest BCUT2D eigenvalue weighted by Gasteiger charge is 2.10. The molecule has 0 saturated carbocycles. The lowest BCUT2D eigenvalue weighted by Crippen LogP contribution is -2.22. The summed E-state index contributed by atoms with van der Waals surface area (Å²) in [4.78, 5) is 4.11. The van der Waals surface area contributed by atoms with Crippen LogP contribution in [0.3, 0.4) is 0 Å². The minimum Gasteiger partial charge on any atom is -0.307 e. The first-order valence-corrected chi connectivity index (χ1v) is 5.04. The SMILES string of the molecule is C=C(C)C(NCCC)c1cccnc1. The minimum absolute atomic E-state index is 0.239. The highest BCUT2D eigenvalue weighted by atomic mass is 14.9. The summed E-state index contributed by atoms with van der Waals surface area (Å²) in [5.74, 6) is 0. The predicted octanol–water partition coefficient (Wildman–Crippen LogP) is 2.70. The second kappa shape index (κ2) is 5.55. The van der Waals surface area contributed by atoms with E-state index >= 15 is 0 Å². The molecule has 1 unspecified atom stereocenters. The average Bonchev–Trinajstić information content (AvgIpc) is 2.19. The van der Waals surface area contributed by atoms with Gasteiger partial charge >= 0.3 is 0 Å². The molecule has 1 atom stereocenters. The van der Waals surface area contributed by atoms with E-state index in [0.29, 0.717) is 0 Å². The van der Waals surface area contributed by atoms with E-state index in [4.69, 9.17) is 0 Å². The molecule has 1 aromatic heterocycles. The van der Waals surface area contributed by atoms with Crippen molar-refractivity contribution in [1.29, 1.82) is 0 Å². The zero-order valence-corrected chi connectivity index (χ0v) is 8.96. The molecule has 0 aliphatic carbocycles. The highest BCUT2D eigenvalue weighted by molar-refractivity contribution is 5.22. The highest BCUT2D eigenvalue weighted by Crippen LogP contribution is 2.18. The predicted molar refractivity (Wildman–Crippen MR) is 60.1 cm³/mol. The number of nitrogens with one attached hydrogen (secondary N) is 1. The molecule has 76 valence electrons. The van der Waals surface area contributed by atoms with Crippen LogP contribution in [0.5, 0.6) is 0 Å². The first-order chi connectivity index (χ1) is 6.75. The molecule has 14 heavy (non-hydrogen) atoms. The fraction of sp³-hybridized carbons (Fsp3) is 0.417. The Balaban J connectivity index is 2.73. The number of pyridine rings is 1. The Hall–Kier alpha value is -1.15. The van der Waals surface area contributed by atoms with Crippen molar-refractivity contribution in [3.63, 3.8) is 0 Å². The Kier molecular flexibility index (Phi) is 4.33. The second-order valence-electron chi connectivity index (χ2n) is 3.52. The summed E-state index contributed by atoms with van der Waals surface area (Å²) in [5, 5.41) is 3.45. The molecule has 2 heteroatoms. The number of nitrogens with zero attached hydrogens (tertiary/aromatic N) is 1. The van der Waals surface area contributed by atoms with E-state index in [1.54, 1.807) is 6.20 Å². The van der Waals surface area contributed by atoms with Crippen LogP contribution in [0.4, 0.5) is 0 Å². The number of hydrogen-bond acceptors (Lipinski definition) is 2. The summed E-state index contributed by atoms with van der Waals surface area (Å²) in [6, 6.07) is 4.28. The van der Waals surface area contributed by atoms with Crippen LogP contribution in [0.25, 0.3) is 0 Å². The summed E-state index contributed by atoms with van der Waals surface area (Å²) >= 11 is 0. The summed E-state index contributed by atoms with van der Waals surface area (Å²) in [5.41, 5.74) is 2.32. The van der Waals surface area contributed by atoms with Crippen LogP contribution in [0.2, 0.25) is 0 Å². The van der Waals surface area contributed by atoms with Gasteiger partial charge in [-0.25, -0.2) is 0 Å². The summed E-state index contributed by atoms with van der Waals surface area (Å²) in [6.07, 6.45) is 4.81. The number of hydrogen-bond donors (Lipinski definition) is 1. The first-order valence-electron chi connectivity index (χ1n) is 5.04. The molecule has 0 radical (unpaired) electrons. The molecule has 1 N–H and O–H groups in total. The van der Waals surface area contributed by atoms with Crippen molar-refractivity contribution in [1.82, 2.24) is 10.3 Å². The fourth-order valence-corrected chi connectivity index (χ4v) is 1.41. The molecule has 0 amide bonds. The van der Waals surface area contributed by atoms with Gasteiger partial charge in [0.1, 0.15) is 0 Å². The third-order valence-electron chi connectivity index (χ3n) is 2.11. The van der Waals surface area contributed by atoms with Crippen molar-refractivity contribution in [3.8, 4) is 0 Å². The van der Waals surface area contributed by atoms with E-state index in [9.17, 15) is 0 Å². The lowest BCUT2D eigenvalue weighted by atomic mass is 10.0. The van der Waals surface area contributed by atoms with Gasteiger partial charge in [-0.1, -0.05) is 25.1 Å². The van der Waals surface area contributed by atoms with Crippen molar-refractivity contribution >= 4 is 0 Å². The summed E-state index contributed by atoms with van der Waals surface area (Å²) in [6.45, 7) is 9.20. The molecule has 1 rings (SSSR count). The Bertz CT molecular complexity index is 280. The standard InChI is InChI=1S/C12H18N2/c1-4-7-14-12(10(2)3)11-6-5-8-13-9-11/h5-6,8-9,12,14H,2,4,7H2,1,3H3. The monoisotopic (exact) mass is 190 g/mol. The maximum atomic E-state index is 4.11. The smallest absolute Gasteiger partial charge is 0.0546 e. The molecule has 0 aliphatic rings. The van der Waals surface area contributed by atoms with E-state index < -0.39 is 0 Å². The maximum Gasteiger partial charge on any atom is 0.0546 e. The van der Waals surface area contributed by atoms with Gasteiger partial charge in [-0.05, 0) is 31.5 Å². The van der Waals surface area contributed by atoms with Crippen molar-refractivity contribution in [2.75, 3.05) is 6.54 Å². The molecule has 1 aromatic rings. The van der Waals surface area contributed by atoms with Crippen molar-refractivity contribution < 1.29 is 0 Å². The van der Waals surface area contributed by atoms with Gasteiger partial charge in [0.05, 0.1) is 6.04 Å². The Morgan fingerprint density at radius 2 is 2.43 bits per heavy atom. The van der Waals surface area contributed by atoms with Gasteiger partial charge in [0, 0.05) is 12.4 Å². The Morgan fingerprint density at radius 3 is 2.93 bits per heavy atom. The Labute approximate surface area is 86.1 Å². The topological polar surface area (TPSA) is 24.9 Å². The zero-order valence-electron chi connectivity index (χ0n) is 8.96. The summed E-state index contributed by atoms with van der Waals surface area (Å²) in [7, 11) is 0. The fourth-order valence-electron chi connectivity index (χ4n) is 1.41. The number of rotatable bonds is 5. The third-order valence-corrected chi connectivity index (χ3v) is 2.11. The first kappa shape index (κ1) is 10.9. The van der Waals surface area contributed by atoms with E-state index in [2.05, 4.69) is 29.9 Å². The normalized spacial score (nSPS) is 12.4. The molecule has 0 aromatic carbocycles. The molecular formula is C12H18N2. The second-order valence-corrected chi connectivity index (χ2v) is 3.52. The molecular weight excluding hydrogens is 172 g/mol. The van der Waals surface area contributed by atoms with Crippen molar-refractivity contribution in [2.24, 2.45) is 0 Å². The molecule has 0 bridgehead atoms. The van der Waals surface area contributed by atoms with Gasteiger partial charge in [0.15, 0.2) is 0 Å². The van der Waals surface area contributed by atoms with Crippen LogP contribution in [0, 0.1) is 0 Å². The molecule has 0 aliphatic heterocycles. The van der Waals surface area contributed by atoms with Crippen LogP contribution in [0.1, 0.15) is 31.9 Å². The van der Waals surface area contributed by atoms with Gasteiger partial charge in [-0.2, -0.15) is 0 Å². The van der Waals surface area contributed by atoms with Crippen molar-refractivity contribution in [3.05, 3.63) is 42.2 Å². The van der Waals surface area contributed by atoms with Gasteiger partial charge in [-0.15, -0.1) is 0 Å². The van der Waals surface area contributed by atoms with Gasteiger partial charge in [0.25, 0.3) is 0 Å². The van der Waals surface area contributed by atoms with E-state index in [-0.39, 0.29) is 6.04 Å². The molecule has 0 saturated heterocycles.